The van der Waals surface area contributed by atoms with Gasteiger partial charge in [0.1, 0.15) is 6.29 Å². The zero-order valence-corrected chi connectivity index (χ0v) is 11.9. The highest BCUT2D eigenvalue weighted by Crippen LogP contribution is 2.07. The first-order valence-corrected chi connectivity index (χ1v) is 7.90. The fourth-order valence-electron chi connectivity index (χ4n) is 2.04. The Morgan fingerprint density at radius 2 is 1.90 bits per heavy atom. The van der Waals surface area contributed by atoms with E-state index < -0.39 is 16.3 Å². The van der Waals surface area contributed by atoms with E-state index in [0.29, 0.717) is 39.0 Å². The van der Waals surface area contributed by atoms with Crippen LogP contribution in [0.3, 0.4) is 0 Å². The molecule has 1 atom stereocenters. The second-order valence-corrected chi connectivity index (χ2v) is 6.27. The van der Waals surface area contributed by atoms with Crippen LogP contribution in [0.5, 0.6) is 0 Å². The summed E-state index contributed by atoms with van der Waals surface area (Å²) in [4.78, 5) is 11.1. The van der Waals surface area contributed by atoms with Crippen LogP contribution in [0.15, 0.2) is 30.3 Å². The average molecular weight is 298 g/mol. The smallest absolute Gasteiger partial charge is 0.280 e. The van der Waals surface area contributed by atoms with Gasteiger partial charge in [0.05, 0.1) is 19.3 Å². The predicted molar refractivity (Wildman–Crippen MR) is 74.4 cm³/mol. The number of morpholine rings is 1. The Kier molecular flexibility index (Phi) is 5.24. The van der Waals surface area contributed by atoms with Crippen molar-refractivity contribution in [1.29, 1.82) is 0 Å². The van der Waals surface area contributed by atoms with Crippen LogP contribution in [-0.2, 0) is 26.2 Å². The highest BCUT2D eigenvalue weighted by Gasteiger charge is 2.26. The summed E-state index contributed by atoms with van der Waals surface area (Å²) in [6.45, 7) is 1.38. The van der Waals surface area contributed by atoms with Crippen molar-refractivity contribution in [2.75, 3.05) is 26.3 Å². The maximum absolute atomic E-state index is 12.1. The van der Waals surface area contributed by atoms with Crippen LogP contribution in [0.2, 0.25) is 0 Å². The Balaban J connectivity index is 2.00. The van der Waals surface area contributed by atoms with Crippen LogP contribution in [-0.4, -0.2) is 51.4 Å². The second kappa shape index (κ2) is 6.94. The van der Waals surface area contributed by atoms with Crippen LogP contribution in [0.4, 0.5) is 0 Å². The largest absolute Gasteiger partial charge is 0.379 e. The number of benzene rings is 1. The molecule has 1 aliphatic rings. The Morgan fingerprint density at radius 3 is 2.50 bits per heavy atom. The van der Waals surface area contributed by atoms with Crippen LogP contribution in [0.25, 0.3) is 0 Å². The monoisotopic (exact) mass is 298 g/mol. The highest BCUT2D eigenvalue weighted by molar-refractivity contribution is 7.87. The van der Waals surface area contributed by atoms with Crippen molar-refractivity contribution in [3.05, 3.63) is 35.9 Å². The number of carbonyl (C=O) groups excluding carboxylic acids is 1. The molecule has 0 bridgehead atoms. The van der Waals surface area contributed by atoms with Crippen molar-refractivity contribution < 1.29 is 17.9 Å². The van der Waals surface area contributed by atoms with Gasteiger partial charge in [-0.3, -0.25) is 0 Å². The summed E-state index contributed by atoms with van der Waals surface area (Å²) < 4.78 is 33.1. The van der Waals surface area contributed by atoms with Gasteiger partial charge in [-0.25, -0.2) is 0 Å². The molecule has 20 heavy (non-hydrogen) atoms. The molecular formula is C13H18N2O4S. The number of rotatable bonds is 6. The Hall–Kier alpha value is -1.28. The standard InChI is InChI=1S/C13H18N2O4S/c16-11-13(10-12-4-2-1-3-5-12)14-20(17,18)15-6-8-19-9-7-15/h1-5,11,13-14H,6-10H2/t13-/m0/s1. The van der Waals surface area contributed by atoms with E-state index in [0.717, 1.165) is 5.56 Å². The molecule has 1 fully saturated rings. The third-order valence-corrected chi connectivity index (χ3v) is 4.72. The van der Waals surface area contributed by atoms with Crippen LogP contribution >= 0.6 is 0 Å². The summed E-state index contributed by atoms with van der Waals surface area (Å²) in [5, 5.41) is 0. The van der Waals surface area contributed by atoms with Crippen molar-refractivity contribution in [3.8, 4) is 0 Å². The molecule has 110 valence electrons. The van der Waals surface area contributed by atoms with E-state index in [1.54, 1.807) is 0 Å². The number of aldehydes is 1. The zero-order chi connectivity index (χ0) is 14.4. The molecule has 1 aliphatic heterocycles. The molecule has 0 aromatic heterocycles. The normalized spacial score (nSPS) is 18.6. The molecule has 2 rings (SSSR count). The van der Waals surface area contributed by atoms with Gasteiger partial charge in [-0.15, -0.1) is 0 Å². The molecule has 6 nitrogen and oxygen atoms in total. The molecule has 0 radical (unpaired) electrons. The molecule has 0 amide bonds. The summed E-state index contributed by atoms with van der Waals surface area (Å²) in [7, 11) is -3.64. The van der Waals surface area contributed by atoms with Gasteiger partial charge in [0, 0.05) is 13.1 Å². The van der Waals surface area contributed by atoms with Crippen molar-refractivity contribution in [2.45, 2.75) is 12.5 Å². The fraction of sp³-hybridized carbons (Fsp3) is 0.462. The lowest BCUT2D eigenvalue weighted by Gasteiger charge is -2.27. The number of ether oxygens (including phenoxy) is 1. The average Bonchev–Trinajstić information content (AvgIpc) is 2.48. The van der Waals surface area contributed by atoms with Gasteiger partial charge in [0.2, 0.25) is 0 Å². The van der Waals surface area contributed by atoms with Gasteiger partial charge < -0.3 is 9.53 Å². The summed E-state index contributed by atoms with van der Waals surface area (Å²) in [5.74, 6) is 0. The Morgan fingerprint density at radius 1 is 1.25 bits per heavy atom. The minimum atomic E-state index is -3.64. The molecule has 0 aliphatic carbocycles. The second-order valence-electron chi connectivity index (χ2n) is 4.57. The lowest BCUT2D eigenvalue weighted by atomic mass is 10.1. The van der Waals surface area contributed by atoms with E-state index in [9.17, 15) is 13.2 Å². The van der Waals surface area contributed by atoms with E-state index in [1.165, 1.54) is 4.31 Å². The third-order valence-electron chi connectivity index (χ3n) is 3.07. The zero-order valence-electron chi connectivity index (χ0n) is 11.1. The number of hydrogen-bond acceptors (Lipinski definition) is 4. The quantitative estimate of drug-likeness (QED) is 0.748. The van der Waals surface area contributed by atoms with E-state index >= 15 is 0 Å². The lowest BCUT2D eigenvalue weighted by Crippen LogP contribution is -2.50. The Labute approximate surface area is 118 Å². The molecule has 0 spiro atoms. The molecule has 1 N–H and O–H groups in total. The summed E-state index contributed by atoms with van der Waals surface area (Å²) in [5.41, 5.74) is 0.911. The van der Waals surface area contributed by atoms with Gasteiger partial charge >= 0.3 is 0 Å². The van der Waals surface area contributed by atoms with Gasteiger partial charge in [-0.2, -0.15) is 17.4 Å². The number of carbonyl (C=O) groups is 1. The minimum Gasteiger partial charge on any atom is -0.379 e. The van der Waals surface area contributed by atoms with Gasteiger partial charge in [0.15, 0.2) is 0 Å². The third kappa shape index (κ3) is 4.11. The number of hydrogen-bond donors (Lipinski definition) is 1. The maximum Gasteiger partial charge on any atom is 0.280 e. The first-order valence-electron chi connectivity index (χ1n) is 6.46. The van der Waals surface area contributed by atoms with Gasteiger partial charge in [-0.1, -0.05) is 30.3 Å². The molecule has 7 heteroatoms. The van der Waals surface area contributed by atoms with Crippen LogP contribution < -0.4 is 4.72 Å². The molecule has 0 unspecified atom stereocenters. The predicted octanol–water partition coefficient (Wildman–Crippen LogP) is -0.0368. The lowest BCUT2D eigenvalue weighted by molar-refractivity contribution is -0.109. The summed E-state index contributed by atoms with van der Waals surface area (Å²) in [6, 6.07) is 8.54. The summed E-state index contributed by atoms with van der Waals surface area (Å²) in [6.07, 6.45) is 0.971. The first-order chi connectivity index (χ1) is 9.62. The topological polar surface area (TPSA) is 75.7 Å². The van der Waals surface area contributed by atoms with Crippen molar-refractivity contribution >= 4 is 16.5 Å². The van der Waals surface area contributed by atoms with Crippen molar-refractivity contribution in [1.82, 2.24) is 9.03 Å². The number of nitrogens with zero attached hydrogens (tertiary/aromatic N) is 1. The molecule has 1 aromatic rings. The first kappa shape index (κ1) is 15.1. The minimum absolute atomic E-state index is 0.312. The van der Waals surface area contributed by atoms with E-state index in [1.807, 2.05) is 30.3 Å². The molecule has 1 saturated heterocycles. The fourth-order valence-corrected chi connectivity index (χ4v) is 3.34. The molecule has 0 saturated carbocycles. The summed E-state index contributed by atoms with van der Waals surface area (Å²) >= 11 is 0. The Bertz CT molecular complexity index is 527. The number of nitrogens with one attached hydrogen (secondary N) is 1. The van der Waals surface area contributed by atoms with E-state index in [2.05, 4.69) is 4.72 Å². The molecular weight excluding hydrogens is 280 g/mol. The van der Waals surface area contributed by atoms with Crippen LogP contribution in [0.1, 0.15) is 5.56 Å². The van der Waals surface area contributed by atoms with Crippen molar-refractivity contribution in [3.63, 3.8) is 0 Å². The van der Waals surface area contributed by atoms with Gasteiger partial charge in [0.25, 0.3) is 10.2 Å². The van der Waals surface area contributed by atoms with Crippen LogP contribution in [0, 0.1) is 0 Å². The molecule has 1 aromatic carbocycles. The maximum atomic E-state index is 12.1. The van der Waals surface area contributed by atoms with E-state index in [-0.39, 0.29) is 0 Å². The molecule has 1 heterocycles. The van der Waals surface area contributed by atoms with E-state index in [4.69, 9.17) is 4.74 Å². The van der Waals surface area contributed by atoms with Crippen molar-refractivity contribution in [2.24, 2.45) is 0 Å². The highest BCUT2D eigenvalue weighted by atomic mass is 32.2. The van der Waals surface area contributed by atoms with Gasteiger partial charge in [-0.05, 0) is 12.0 Å². The SMILES string of the molecule is O=C[C@H](Cc1ccccc1)NS(=O)(=O)N1CCOCC1.